The van der Waals surface area contributed by atoms with Crippen LogP contribution in [0, 0.1) is 0 Å². The number of hydrogen-bond acceptors (Lipinski definition) is 4. The molecule has 1 aromatic carbocycles. The molecule has 0 saturated carbocycles. The number of benzene rings is 1. The van der Waals surface area contributed by atoms with E-state index in [0.717, 1.165) is 16.0 Å². The average Bonchev–Trinajstić information content (AvgIpc) is 2.74. The van der Waals surface area contributed by atoms with Crippen LogP contribution in [-0.2, 0) is 0 Å². The first-order chi connectivity index (χ1) is 9.83. The van der Waals surface area contributed by atoms with Gasteiger partial charge in [0, 0.05) is 16.6 Å². The van der Waals surface area contributed by atoms with Gasteiger partial charge in [-0.2, -0.15) is 13.2 Å². The molecule has 0 atom stereocenters. The highest BCUT2D eigenvalue weighted by atomic mass is 32.1. The minimum absolute atomic E-state index is 0.0638. The fraction of sp³-hybridized carbons (Fsp3) is 0.308. The molecule has 0 saturated heterocycles. The number of carbonyl (C=O) groups is 1. The van der Waals surface area contributed by atoms with Gasteiger partial charge in [0.05, 0.1) is 12.3 Å². The Bertz CT molecular complexity index is 654. The van der Waals surface area contributed by atoms with E-state index in [0.29, 0.717) is 10.3 Å². The lowest BCUT2D eigenvalue weighted by molar-refractivity contribution is -0.141. The Labute approximate surface area is 122 Å². The van der Waals surface area contributed by atoms with E-state index in [1.54, 1.807) is 24.3 Å². The maximum absolute atomic E-state index is 12.5. The van der Waals surface area contributed by atoms with Gasteiger partial charge >= 0.3 is 6.18 Å². The lowest BCUT2D eigenvalue weighted by Gasteiger charge is -2.22. The third-order valence-corrected chi connectivity index (χ3v) is 4.03. The molecule has 0 aliphatic heterocycles. The summed E-state index contributed by atoms with van der Waals surface area (Å²) in [6.45, 7) is -2.36. The number of hydrogen-bond donors (Lipinski definition) is 2. The van der Waals surface area contributed by atoms with Crippen LogP contribution in [0.3, 0.4) is 0 Å². The van der Waals surface area contributed by atoms with Gasteiger partial charge in [0.15, 0.2) is 0 Å². The molecule has 1 amide bonds. The Kier molecular flexibility index (Phi) is 4.38. The molecule has 4 nitrogen and oxygen atoms in total. The molecule has 0 spiro atoms. The van der Waals surface area contributed by atoms with Crippen LogP contribution in [0.5, 0.6) is 0 Å². The van der Waals surface area contributed by atoms with Crippen molar-refractivity contribution in [2.45, 2.75) is 6.18 Å². The molecule has 1 heterocycles. The van der Waals surface area contributed by atoms with Crippen LogP contribution in [0.25, 0.3) is 10.1 Å². The predicted molar refractivity (Wildman–Crippen MR) is 75.3 cm³/mol. The Morgan fingerprint density at radius 2 is 2.00 bits per heavy atom. The molecule has 0 radical (unpaired) electrons. The molecule has 0 fully saturated rings. The normalized spacial score (nSPS) is 11.8. The predicted octanol–water partition coefficient (Wildman–Crippen LogP) is 2.48. The first kappa shape index (κ1) is 15.6. The summed E-state index contributed by atoms with van der Waals surface area (Å²) in [5, 5.41) is 9.49. The van der Waals surface area contributed by atoms with Gasteiger partial charge in [-0.05, 0) is 6.07 Å². The molecule has 8 heteroatoms. The number of rotatable bonds is 4. The SMILES string of the molecule is Nc1c(C(=O)N(CCO)CC(F)(F)F)sc2ccccc12. The topological polar surface area (TPSA) is 66.6 Å². The van der Waals surface area contributed by atoms with E-state index in [1.165, 1.54) is 0 Å². The van der Waals surface area contributed by atoms with Gasteiger partial charge < -0.3 is 15.7 Å². The third-order valence-electron chi connectivity index (χ3n) is 2.86. The number of fused-ring (bicyclic) bond motifs is 1. The van der Waals surface area contributed by atoms with Crippen LogP contribution in [0.2, 0.25) is 0 Å². The van der Waals surface area contributed by atoms with E-state index in [1.807, 2.05) is 0 Å². The Morgan fingerprint density at radius 3 is 2.57 bits per heavy atom. The summed E-state index contributed by atoms with van der Waals surface area (Å²) < 4.78 is 38.3. The number of nitrogen functional groups attached to an aromatic ring is 1. The van der Waals surface area contributed by atoms with E-state index in [4.69, 9.17) is 10.8 Å². The van der Waals surface area contributed by atoms with Crippen molar-refractivity contribution in [2.75, 3.05) is 25.4 Å². The second-order valence-electron chi connectivity index (χ2n) is 4.41. The van der Waals surface area contributed by atoms with Crippen molar-refractivity contribution in [2.24, 2.45) is 0 Å². The maximum atomic E-state index is 12.5. The smallest absolute Gasteiger partial charge is 0.397 e. The van der Waals surface area contributed by atoms with Crippen molar-refractivity contribution in [3.8, 4) is 0 Å². The van der Waals surface area contributed by atoms with Crippen molar-refractivity contribution in [1.29, 1.82) is 0 Å². The number of carbonyl (C=O) groups excluding carboxylic acids is 1. The number of nitrogens with two attached hydrogens (primary N) is 1. The molecular weight excluding hydrogens is 305 g/mol. The zero-order valence-electron chi connectivity index (χ0n) is 10.9. The first-order valence-electron chi connectivity index (χ1n) is 6.07. The number of anilines is 1. The van der Waals surface area contributed by atoms with Crippen molar-refractivity contribution in [1.82, 2.24) is 4.90 Å². The Hall–Kier alpha value is -1.80. The molecule has 0 aliphatic rings. The van der Waals surface area contributed by atoms with Gasteiger partial charge in [0.2, 0.25) is 0 Å². The number of amides is 1. The van der Waals surface area contributed by atoms with Gasteiger partial charge in [-0.3, -0.25) is 4.79 Å². The highest BCUT2D eigenvalue weighted by molar-refractivity contribution is 7.21. The number of nitrogens with zero attached hydrogens (tertiary/aromatic N) is 1. The van der Waals surface area contributed by atoms with Crippen LogP contribution in [0.4, 0.5) is 18.9 Å². The minimum atomic E-state index is -4.53. The lowest BCUT2D eigenvalue weighted by Crippen LogP contribution is -2.40. The van der Waals surface area contributed by atoms with Crippen LogP contribution in [-0.4, -0.2) is 41.8 Å². The van der Waals surface area contributed by atoms with Crippen LogP contribution in [0.1, 0.15) is 9.67 Å². The van der Waals surface area contributed by atoms with Crippen LogP contribution >= 0.6 is 11.3 Å². The van der Waals surface area contributed by atoms with Gasteiger partial charge in [-0.1, -0.05) is 18.2 Å². The summed E-state index contributed by atoms with van der Waals surface area (Å²) in [5.41, 5.74) is 6.03. The monoisotopic (exact) mass is 318 g/mol. The summed E-state index contributed by atoms with van der Waals surface area (Å²) >= 11 is 1.05. The fourth-order valence-electron chi connectivity index (χ4n) is 1.96. The second kappa shape index (κ2) is 5.90. The average molecular weight is 318 g/mol. The summed E-state index contributed by atoms with van der Waals surface area (Å²) in [6.07, 6.45) is -4.53. The standard InChI is InChI=1S/C13H13F3N2O2S/c14-13(15,16)7-18(5-6-19)12(20)11-10(17)8-3-1-2-4-9(8)21-11/h1-4,19H,5-7,17H2. The molecule has 2 aromatic rings. The molecule has 21 heavy (non-hydrogen) atoms. The third kappa shape index (κ3) is 3.45. The van der Waals surface area contributed by atoms with Crippen LogP contribution < -0.4 is 5.73 Å². The van der Waals surface area contributed by atoms with Crippen molar-refractivity contribution in [3.05, 3.63) is 29.1 Å². The lowest BCUT2D eigenvalue weighted by atomic mass is 10.2. The van der Waals surface area contributed by atoms with Crippen molar-refractivity contribution in [3.63, 3.8) is 0 Å². The summed E-state index contributed by atoms with van der Waals surface area (Å²) in [5.74, 6) is -0.819. The van der Waals surface area contributed by atoms with E-state index in [9.17, 15) is 18.0 Å². The first-order valence-corrected chi connectivity index (χ1v) is 6.89. The zero-order valence-corrected chi connectivity index (χ0v) is 11.7. The molecule has 0 bridgehead atoms. The molecule has 1 aromatic heterocycles. The van der Waals surface area contributed by atoms with E-state index >= 15 is 0 Å². The number of alkyl halides is 3. The quantitative estimate of drug-likeness (QED) is 0.910. The second-order valence-corrected chi connectivity index (χ2v) is 5.46. The van der Waals surface area contributed by atoms with Crippen molar-refractivity contribution >= 4 is 33.0 Å². The molecular formula is C13H13F3N2O2S. The number of aliphatic hydroxyl groups is 1. The summed E-state index contributed by atoms with van der Waals surface area (Å²) in [6, 6.07) is 6.94. The van der Waals surface area contributed by atoms with Gasteiger partial charge in [-0.25, -0.2) is 0 Å². The summed E-state index contributed by atoms with van der Waals surface area (Å²) in [4.78, 5) is 12.9. The highest BCUT2D eigenvalue weighted by Crippen LogP contribution is 2.34. The summed E-state index contributed by atoms with van der Waals surface area (Å²) in [7, 11) is 0. The molecule has 0 unspecified atom stereocenters. The van der Waals surface area contributed by atoms with Gasteiger partial charge in [-0.15, -0.1) is 11.3 Å². The maximum Gasteiger partial charge on any atom is 0.406 e. The number of halogens is 3. The molecule has 2 rings (SSSR count). The van der Waals surface area contributed by atoms with E-state index in [2.05, 4.69) is 0 Å². The van der Waals surface area contributed by atoms with E-state index in [-0.39, 0.29) is 10.6 Å². The Balaban J connectivity index is 2.36. The molecule has 0 aliphatic carbocycles. The zero-order chi connectivity index (χ0) is 15.6. The number of thiophene rings is 1. The molecule has 114 valence electrons. The Morgan fingerprint density at radius 1 is 1.33 bits per heavy atom. The van der Waals surface area contributed by atoms with Crippen LogP contribution in [0.15, 0.2) is 24.3 Å². The highest BCUT2D eigenvalue weighted by Gasteiger charge is 2.34. The fourth-order valence-corrected chi connectivity index (χ4v) is 3.05. The molecule has 3 N–H and O–H groups in total. The minimum Gasteiger partial charge on any atom is -0.397 e. The van der Waals surface area contributed by atoms with E-state index < -0.39 is 31.8 Å². The van der Waals surface area contributed by atoms with Gasteiger partial charge in [0.25, 0.3) is 5.91 Å². The van der Waals surface area contributed by atoms with Crippen molar-refractivity contribution < 1.29 is 23.1 Å². The van der Waals surface area contributed by atoms with Gasteiger partial charge in [0.1, 0.15) is 11.4 Å². The largest absolute Gasteiger partial charge is 0.406 e. The number of aliphatic hydroxyl groups excluding tert-OH is 1.